The third kappa shape index (κ3) is 3.58. The first-order chi connectivity index (χ1) is 14.5. The highest BCUT2D eigenvalue weighted by molar-refractivity contribution is 6.30. The van der Waals surface area contributed by atoms with E-state index < -0.39 is 23.3 Å². The third-order valence-corrected chi connectivity index (χ3v) is 5.10. The standard InChI is InChI=1S/C21H16ClN5O3/c1-30-14-8-6-13(7-9-14)24-21-26-18-17(20(29)27-21)16(15(10-23)19(28)25-18)11-2-4-12(22)5-3-11/h2-9,15-16H,1H3,(H3,24,25,26,27,28,29)/t15-,16+/m0/s1. The molecule has 0 aliphatic carbocycles. The topological polar surface area (TPSA) is 120 Å². The second-order valence-electron chi connectivity index (χ2n) is 6.66. The van der Waals surface area contributed by atoms with E-state index >= 15 is 0 Å². The number of rotatable bonds is 4. The summed E-state index contributed by atoms with van der Waals surface area (Å²) in [5, 5.41) is 15.6. The average molecular weight is 422 g/mol. The Bertz CT molecular complexity index is 1200. The van der Waals surface area contributed by atoms with Crippen molar-refractivity contribution in [2.75, 3.05) is 17.7 Å². The monoisotopic (exact) mass is 421 g/mol. The maximum atomic E-state index is 13.0. The van der Waals surface area contributed by atoms with E-state index in [-0.39, 0.29) is 17.3 Å². The number of nitrogens with zero attached hydrogens (tertiary/aromatic N) is 2. The summed E-state index contributed by atoms with van der Waals surface area (Å²) in [7, 11) is 1.57. The summed E-state index contributed by atoms with van der Waals surface area (Å²) in [6.07, 6.45) is 0. The molecule has 8 nitrogen and oxygen atoms in total. The predicted molar refractivity (Wildman–Crippen MR) is 112 cm³/mol. The summed E-state index contributed by atoms with van der Waals surface area (Å²) in [5.74, 6) is -1.38. The smallest absolute Gasteiger partial charge is 0.258 e. The molecule has 1 aliphatic rings. The van der Waals surface area contributed by atoms with Crippen LogP contribution in [0, 0.1) is 17.2 Å². The van der Waals surface area contributed by atoms with Crippen molar-refractivity contribution < 1.29 is 9.53 Å². The Morgan fingerprint density at radius 1 is 1.13 bits per heavy atom. The minimum atomic E-state index is -1.07. The SMILES string of the molecule is COc1ccc(Nc2nc3c(c(=O)[nH]2)[C@H](c2ccc(Cl)cc2)[C@H](C#N)C(=O)N3)cc1. The van der Waals surface area contributed by atoms with E-state index in [9.17, 15) is 14.9 Å². The molecule has 0 radical (unpaired) electrons. The van der Waals surface area contributed by atoms with Gasteiger partial charge in [0.05, 0.1) is 18.7 Å². The zero-order valence-electron chi connectivity index (χ0n) is 15.8. The first-order valence-electron chi connectivity index (χ1n) is 9.01. The molecular weight excluding hydrogens is 406 g/mol. The van der Waals surface area contributed by atoms with Crippen LogP contribution in [0.3, 0.4) is 0 Å². The molecule has 4 rings (SSSR count). The van der Waals surface area contributed by atoms with Gasteiger partial charge in [-0.1, -0.05) is 23.7 Å². The molecule has 3 aromatic rings. The first kappa shape index (κ1) is 19.5. The molecule has 2 heterocycles. The summed E-state index contributed by atoms with van der Waals surface area (Å²) in [6.45, 7) is 0. The number of fused-ring (bicyclic) bond motifs is 1. The molecule has 0 fully saturated rings. The number of aromatic amines is 1. The van der Waals surface area contributed by atoms with E-state index in [2.05, 4.69) is 20.6 Å². The fraction of sp³-hybridized carbons (Fsp3) is 0.143. The molecule has 30 heavy (non-hydrogen) atoms. The summed E-state index contributed by atoms with van der Waals surface area (Å²) in [6, 6.07) is 15.7. The first-order valence-corrected chi connectivity index (χ1v) is 9.39. The molecule has 0 bridgehead atoms. The predicted octanol–water partition coefficient (Wildman–Crippen LogP) is 3.40. The van der Waals surface area contributed by atoms with Gasteiger partial charge in [0.15, 0.2) is 0 Å². The van der Waals surface area contributed by atoms with Crippen LogP contribution in [0.4, 0.5) is 17.5 Å². The van der Waals surface area contributed by atoms with Gasteiger partial charge in [-0.25, -0.2) is 0 Å². The maximum Gasteiger partial charge on any atom is 0.258 e. The lowest BCUT2D eigenvalue weighted by Gasteiger charge is -2.28. The van der Waals surface area contributed by atoms with Crippen molar-refractivity contribution in [1.82, 2.24) is 9.97 Å². The van der Waals surface area contributed by atoms with Crippen LogP contribution in [-0.4, -0.2) is 23.0 Å². The molecule has 2 aromatic carbocycles. The fourth-order valence-corrected chi connectivity index (χ4v) is 3.54. The van der Waals surface area contributed by atoms with Crippen LogP contribution < -0.4 is 20.9 Å². The zero-order valence-corrected chi connectivity index (χ0v) is 16.5. The number of hydrogen-bond acceptors (Lipinski definition) is 6. The summed E-state index contributed by atoms with van der Waals surface area (Å²) >= 11 is 5.96. The van der Waals surface area contributed by atoms with Crippen LogP contribution in [0.1, 0.15) is 17.0 Å². The number of amides is 1. The van der Waals surface area contributed by atoms with Gasteiger partial charge in [0.25, 0.3) is 5.56 Å². The number of carbonyl (C=O) groups is 1. The van der Waals surface area contributed by atoms with E-state index in [1.54, 1.807) is 55.6 Å². The molecule has 0 spiro atoms. The molecule has 2 atom stereocenters. The van der Waals surface area contributed by atoms with Crippen LogP contribution in [0.25, 0.3) is 0 Å². The number of carbonyl (C=O) groups excluding carboxylic acids is 1. The lowest BCUT2D eigenvalue weighted by atomic mass is 9.79. The molecule has 150 valence electrons. The molecule has 0 saturated heterocycles. The number of anilines is 3. The van der Waals surface area contributed by atoms with Gasteiger partial charge < -0.3 is 15.4 Å². The van der Waals surface area contributed by atoms with Gasteiger partial charge in [0.2, 0.25) is 11.9 Å². The molecule has 3 N–H and O–H groups in total. The Labute approximate surface area is 176 Å². The third-order valence-electron chi connectivity index (χ3n) is 4.84. The van der Waals surface area contributed by atoms with Gasteiger partial charge in [-0.05, 0) is 42.0 Å². The van der Waals surface area contributed by atoms with Crippen LogP contribution in [0.2, 0.25) is 5.02 Å². The van der Waals surface area contributed by atoms with Crippen molar-refractivity contribution in [2.45, 2.75) is 5.92 Å². The van der Waals surface area contributed by atoms with Crippen molar-refractivity contribution in [3.05, 3.63) is 75.0 Å². The molecule has 0 unspecified atom stereocenters. The molecule has 1 aromatic heterocycles. The Balaban J connectivity index is 1.76. The van der Waals surface area contributed by atoms with Crippen molar-refractivity contribution in [3.63, 3.8) is 0 Å². The van der Waals surface area contributed by atoms with Gasteiger partial charge in [0.1, 0.15) is 17.5 Å². The van der Waals surface area contributed by atoms with Gasteiger partial charge in [-0.2, -0.15) is 10.2 Å². The van der Waals surface area contributed by atoms with E-state index in [1.807, 2.05) is 6.07 Å². The van der Waals surface area contributed by atoms with E-state index in [0.29, 0.717) is 22.0 Å². The lowest BCUT2D eigenvalue weighted by Crippen LogP contribution is -2.38. The summed E-state index contributed by atoms with van der Waals surface area (Å²) in [4.78, 5) is 32.5. The molecular formula is C21H16ClN5O3. The summed E-state index contributed by atoms with van der Waals surface area (Å²) in [5.41, 5.74) is 1.08. The van der Waals surface area contributed by atoms with Crippen LogP contribution >= 0.6 is 11.6 Å². The second kappa shape index (κ2) is 7.89. The Morgan fingerprint density at radius 2 is 1.83 bits per heavy atom. The highest BCUT2D eigenvalue weighted by Crippen LogP contribution is 2.38. The van der Waals surface area contributed by atoms with E-state index in [4.69, 9.17) is 16.3 Å². The number of methoxy groups -OCH3 is 1. The zero-order chi connectivity index (χ0) is 21.3. The normalized spacial score (nSPS) is 17.4. The number of ether oxygens (including phenoxy) is 1. The molecule has 1 aliphatic heterocycles. The number of H-pyrrole nitrogens is 1. The van der Waals surface area contributed by atoms with Crippen LogP contribution in [0.5, 0.6) is 5.75 Å². The Hall–Kier alpha value is -3.83. The highest BCUT2D eigenvalue weighted by atomic mass is 35.5. The number of aromatic nitrogens is 2. The largest absolute Gasteiger partial charge is 0.497 e. The fourth-order valence-electron chi connectivity index (χ4n) is 3.41. The quantitative estimate of drug-likeness (QED) is 0.593. The number of benzene rings is 2. The van der Waals surface area contributed by atoms with Gasteiger partial charge in [0, 0.05) is 16.6 Å². The second-order valence-corrected chi connectivity index (χ2v) is 7.09. The molecule has 9 heteroatoms. The van der Waals surface area contributed by atoms with Crippen molar-refractivity contribution in [1.29, 1.82) is 5.26 Å². The summed E-state index contributed by atoms with van der Waals surface area (Å²) < 4.78 is 5.12. The van der Waals surface area contributed by atoms with Crippen molar-refractivity contribution >= 4 is 35.0 Å². The minimum absolute atomic E-state index is 0.117. The van der Waals surface area contributed by atoms with Gasteiger partial charge >= 0.3 is 0 Å². The number of nitriles is 1. The number of halogens is 1. The Kier molecular flexibility index (Phi) is 5.12. The highest BCUT2D eigenvalue weighted by Gasteiger charge is 2.40. The molecule has 0 saturated carbocycles. The van der Waals surface area contributed by atoms with Gasteiger partial charge in [-0.3, -0.25) is 14.6 Å². The van der Waals surface area contributed by atoms with E-state index in [1.165, 1.54) is 0 Å². The lowest BCUT2D eigenvalue weighted by molar-refractivity contribution is -0.119. The average Bonchev–Trinajstić information content (AvgIpc) is 2.74. The van der Waals surface area contributed by atoms with Crippen molar-refractivity contribution in [2.24, 2.45) is 5.92 Å². The van der Waals surface area contributed by atoms with Crippen LogP contribution in [-0.2, 0) is 4.79 Å². The van der Waals surface area contributed by atoms with E-state index in [0.717, 1.165) is 0 Å². The Morgan fingerprint density at radius 3 is 2.47 bits per heavy atom. The van der Waals surface area contributed by atoms with Gasteiger partial charge in [-0.15, -0.1) is 0 Å². The van der Waals surface area contributed by atoms with Crippen molar-refractivity contribution in [3.8, 4) is 11.8 Å². The number of hydrogen-bond donors (Lipinski definition) is 3. The minimum Gasteiger partial charge on any atom is -0.497 e. The molecule has 1 amide bonds. The number of nitrogens with one attached hydrogen (secondary N) is 3. The maximum absolute atomic E-state index is 13.0. The van der Waals surface area contributed by atoms with Crippen LogP contribution in [0.15, 0.2) is 53.3 Å².